The molecule has 1 heterocycles. The van der Waals surface area contributed by atoms with Crippen LogP contribution in [0.15, 0.2) is 48.5 Å². The molecule has 144 valence electrons. The van der Waals surface area contributed by atoms with E-state index in [1.807, 2.05) is 41.9 Å². The number of benzene rings is 2. The molecule has 0 aliphatic heterocycles. The van der Waals surface area contributed by atoms with E-state index in [4.69, 9.17) is 14.6 Å². The number of amides is 1. The molecule has 1 aromatic heterocycles. The Labute approximate surface area is 164 Å². The number of methoxy groups -OCH3 is 1. The van der Waals surface area contributed by atoms with Gasteiger partial charge >= 0.3 is 0 Å². The minimum atomic E-state index is -0.201. The zero-order chi connectivity index (χ0) is 19.5. The molecular weight excluding hydrogens is 354 g/mol. The van der Waals surface area contributed by atoms with Crippen LogP contribution in [0.4, 0.5) is 5.82 Å². The number of aryl methyl sites for hydroxylation is 1. The molecule has 1 N–H and O–H groups in total. The first-order valence-electron chi connectivity index (χ1n) is 9.49. The van der Waals surface area contributed by atoms with Crippen LogP contribution in [-0.4, -0.2) is 29.4 Å². The predicted molar refractivity (Wildman–Crippen MR) is 108 cm³/mol. The fourth-order valence-electron chi connectivity index (χ4n) is 3.54. The largest absolute Gasteiger partial charge is 0.493 e. The van der Waals surface area contributed by atoms with E-state index in [9.17, 15) is 4.79 Å². The van der Waals surface area contributed by atoms with E-state index >= 15 is 0 Å². The van der Waals surface area contributed by atoms with E-state index in [0.29, 0.717) is 23.7 Å². The van der Waals surface area contributed by atoms with Gasteiger partial charge in [-0.15, -0.1) is 0 Å². The maximum Gasteiger partial charge on any atom is 0.256 e. The van der Waals surface area contributed by atoms with Gasteiger partial charge in [-0.2, -0.15) is 5.10 Å². The van der Waals surface area contributed by atoms with Crippen LogP contribution >= 0.6 is 0 Å². The van der Waals surface area contributed by atoms with Gasteiger partial charge in [0.25, 0.3) is 5.91 Å². The number of anilines is 1. The maximum absolute atomic E-state index is 13.0. The van der Waals surface area contributed by atoms with Crippen LogP contribution in [-0.2, 0) is 12.8 Å². The molecule has 0 saturated carbocycles. The first-order valence-corrected chi connectivity index (χ1v) is 9.49. The summed E-state index contributed by atoms with van der Waals surface area (Å²) in [4.78, 5) is 13.0. The highest BCUT2D eigenvalue weighted by atomic mass is 16.5. The molecule has 6 nitrogen and oxygen atoms in total. The summed E-state index contributed by atoms with van der Waals surface area (Å²) in [5.74, 6) is 1.71. The molecule has 0 fully saturated rings. The molecule has 0 bridgehead atoms. The van der Waals surface area contributed by atoms with Gasteiger partial charge in [-0.1, -0.05) is 18.2 Å². The molecule has 0 spiro atoms. The zero-order valence-electron chi connectivity index (χ0n) is 16.1. The molecule has 1 aliphatic carbocycles. The summed E-state index contributed by atoms with van der Waals surface area (Å²) in [5, 5.41) is 7.81. The fraction of sp³-hybridized carbons (Fsp3) is 0.273. The second-order valence-electron chi connectivity index (χ2n) is 6.63. The Morgan fingerprint density at radius 2 is 1.96 bits per heavy atom. The van der Waals surface area contributed by atoms with Crippen molar-refractivity contribution in [2.45, 2.75) is 26.2 Å². The Balaban J connectivity index is 1.67. The number of aromatic nitrogens is 2. The standard InChI is InChI=1S/C22H23N3O3/c1-3-28-19-13-12-15(14-20(19)27-2)22(26)23-21-17-10-7-11-18(17)24-25(21)16-8-5-4-6-9-16/h4-6,8-9,12-14H,3,7,10-11H2,1-2H3,(H,23,26). The normalized spacial score (nSPS) is 12.5. The number of para-hydroxylation sites is 1. The number of ether oxygens (including phenoxy) is 2. The highest BCUT2D eigenvalue weighted by Crippen LogP contribution is 2.32. The van der Waals surface area contributed by atoms with Crippen molar-refractivity contribution in [1.82, 2.24) is 9.78 Å². The SMILES string of the molecule is CCOc1ccc(C(=O)Nc2c3c(nn2-c2ccccc2)CCC3)cc1OC. The van der Waals surface area contributed by atoms with Gasteiger partial charge in [0.1, 0.15) is 5.82 Å². The number of hydrogen-bond acceptors (Lipinski definition) is 4. The summed E-state index contributed by atoms with van der Waals surface area (Å²) in [6.07, 6.45) is 2.92. The van der Waals surface area contributed by atoms with Crippen molar-refractivity contribution in [3.8, 4) is 17.2 Å². The van der Waals surface area contributed by atoms with E-state index in [0.717, 1.165) is 42.0 Å². The van der Waals surface area contributed by atoms with Gasteiger partial charge in [0.2, 0.25) is 0 Å². The Hall–Kier alpha value is -3.28. The molecule has 28 heavy (non-hydrogen) atoms. The number of carbonyl (C=O) groups excluding carboxylic acids is 1. The lowest BCUT2D eigenvalue weighted by atomic mass is 10.1. The molecule has 0 unspecified atom stereocenters. The van der Waals surface area contributed by atoms with Crippen LogP contribution in [0.25, 0.3) is 5.69 Å². The lowest BCUT2D eigenvalue weighted by Gasteiger charge is -2.13. The van der Waals surface area contributed by atoms with Gasteiger partial charge < -0.3 is 14.8 Å². The van der Waals surface area contributed by atoms with E-state index in [1.165, 1.54) is 0 Å². The van der Waals surface area contributed by atoms with Crippen LogP contribution in [0.3, 0.4) is 0 Å². The predicted octanol–water partition coefficient (Wildman–Crippen LogP) is 4.02. The van der Waals surface area contributed by atoms with Crippen molar-refractivity contribution in [3.05, 3.63) is 65.4 Å². The van der Waals surface area contributed by atoms with Gasteiger partial charge in [-0.05, 0) is 56.5 Å². The topological polar surface area (TPSA) is 65.4 Å². The van der Waals surface area contributed by atoms with E-state index in [1.54, 1.807) is 25.3 Å². The number of fused-ring (bicyclic) bond motifs is 1. The minimum absolute atomic E-state index is 0.201. The van der Waals surface area contributed by atoms with E-state index in [2.05, 4.69) is 5.32 Å². The van der Waals surface area contributed by atoms with Crippen molar-refractivity contribution in [1.29, 1.82) is 0 Å². The number of nitrogens with one attached hydrogen (secondary N) is 1. The Morgan fingerprint density at radius 3 is 2.71 bits per heavy atom. The van der Waals surface area contributed by atoms with Crippen molar-refractivity contribution >= 4 is 11.7 Å². The summed E-state index contributed by atoms with van der Waals surface area (Å²) >= 11 is 0. The summed E-state index contributed by atoms with van der Waals surface area (Å²) in [6, 6.07) is 15.1. The zero-order valence-corrected chi connectivity index (χ0v) is 16.1. The average Bonchev–Trinajstić information content (AvgIpc) is 3.32. The monoisotopic (exact) mass is 377 g/mol. The highest BCUT2D eigenvalue weighted by molar-refractivity contribution is 6.04. The summed E-state index contributed by atoms with van der Waals surface area (Å²) in [5.41, 5.74) is 3.61. The molecule has 1 amide bonds. The highest BCUT2D eigenvalue weighted by Gasteiger charge is 2.24. The van der Waals surface area contributed by atoms with Crippen LogP contribution in [0.1, 0.15) is 35.0 Å². The van der Waals surface area contributed by atoms with Crippen molar-refractivity contribution in [2.24, 2.45) is 0 Å². The molecular formula is C22H23N3O3. The summed E-state index contributed by atoms with van der Waals surface area (Å²) < 4.78 is 12.7. The quantitative estimate of drug-likeness (QED) is 0.705. The third-order valence-corrected chi connectivity index (χ3v) is 4.87. The molecule has 0 radical (unpaired) electrons. The lowest BCUT2D eigenvalue weighted by Crippen LogP contribution is -2.16. The van der Waals surface area contributed by atoms with Crippen LogP contribution in [0.5, 0.6) is 11.5 Å². The second-order valence-corrected chi connectivity index (χ2v) is 6.63. The number of nitrogens with zero attached hydrogens (tertiary/aromatic N) is 2. The molecule has 6 heteroatoms. The van der Waals surface area contributed by atoms with E-state index in [-0.39, 0.29) is 5.91 Å². The van der Waals surface area contributed by atoms with Crippen LogP contribution in [0, 0.1) is 0 Å². The van der Waals surface area contributed by atoms with Crippen molar-refractivity contribution < 1.29 is 14.3 Å². The van der Waals surface area contributed by atoms with Gasteiger partial charge in [-0.25, -0.2) is 4.68 Å². The van der Waals surface area contributed by atoms with Gasteiger partial charge in [0, 0.05) is 11.1 Å². The number of hydrogen-bond donors (Lipinski definition) is 1. The molecule has 0 atom stereocenters. The smallest absolute Gasteiger partial charge is 0.256 e. The molecule has 3 aromatic rings. The van der Waals surface area contributed by atoms with Crippen LogP contribution in [0.2, 0.25) is 0 Å². The minimum Gasteiger partial charge on any atom is -0.493 e. The average molecular weight is 377 g/mol. The Bertz CT molecular complexity index is 996. The summed E-state index contributed by atoms with van der Waals surface area (Å²) in [7, 11) is 1.57. The molecule has 0 saturated heterocycles. The first-order chi connectivity index (χ1) is 13.7. The Morgan fingerprint density at radius 1 is 1.14 bits per heavy atom. The van der Waals surface area contributed by atoms with Crippen molar-refractivity contribution in [2.75, 3.05) is 19.0 Å². The molecule has 2 aromatic carbocycles. The van der Waals surface area contributed by atoms with Gasteiger partial charge in [0.15, 0.2) is 11.5 Å². The second kappa shape index (κ2) is 7.76. The first kappa shape index (κ1) is 18.1. The molecule has 1 aliphatic rings. The summed E-state index contributed by atoms with van der Waals surface area (Å²) in [6.45, 7) is 2.44. The lowest BCUT2D eigenvalue weighted by molar-refractivity contribution is 0.102. The third-order valence-electron chi connectivity index (χ3n) is 4.87. The maximum atomic E-state index is 13.0. The Kier molecular flexibility index (Phi) is 5.02. The fourth-order valence-corrected chi connectivity index (χ4v) is 3.54. The van der Waals surface area contributed by atoms with Gasteiger partial charge in [-0.3, -0.25) is 4.79 Å². The third kappa shape index (κ3) is 3.33. The molecule has 4 rings (SSSR count). The number of rotatable bonds is 6. The van der Waals surface area contributed by atoms with Crippen molar-refractivity contribution in [3.63, 3.8) is 0 Å². The van der Waals surface area contributed by atoms with Gasteiger partial charge in [0.05, 0.1) is 25.1 Å². The van der Waals surface area contributed by atoms with Crippen LogP contribution < -0.4 is 14.8 Å². The van der Waals surface area contributed by atoms with E-state index < -0.39 is 0 Å². The number of carbonyl (C=O) groups is 1.